The Balaban J connectivity index is 1.91. The van der Waals surface area contributed by atoms with E-state index in [2.05, 4.69) is 5.32 Å². The van der Waals surface area contributed by atoms with Gasteiger partial charge in [0.05, 0.1) is 22.3 Å². The van der Waals surface area contributed by atoms with Crippen molar-refractivity contribution >= 4 is 21.4 Å². The van der Waals surface area contributed by atoms with Crippen LogP contribution >= 0.6 is 0 Å². The molecule has 2 aromatic carbocycles. The molecule has 0 aliphatic rings. The highest BCUT2D eigenvalue weighted by atomic mass is 32.2. The zero-order chi connectivity index (χ0) is 17.6. The summed E-state index contributed by atoms with van der Waals surface area (Å²) in [6.07, 6.45) is 0. The number of amides is 1. The van der Waals surface area contributed by atoms with Gasteiger partial charge in [-0.25, -0.2) is 8.42 Å². The number of sulfone groups is 1. The number of anilines is 1. The molecule has 1 amide bonds. The van der Waals surface area contributed by atoms with Gasteiger partial charge in [-0.2, -0.15) is 5.26 Å². The van der Waals surface area contributed by atoms with Crippen molar-refractivity contribution in [3.05, 3.63) is 54.1 Å². The first kappa shape index (κ1) is 17.5. The summed E-state index contributed by atoms with van der Waals surface area (Å²) in [5.74, 6) is 0.135. The quantitative estimate of drug-likeness (QED) is 0.868. The van der Waals surface area contributed by atoms with E-state index >= 15 is 0 Å². The molecular formula is C17H16N2O4S. The normalized spacial score (nSPS) is 10.7. The van der Waals surface area contributed by atoms with E-state index in [0.29, 0.717) is 17.0 Å². The van der Waals surface area contributed by atoms with Crippen LogP contribution in [0.15, 0.2) is 53.4 Å². The maximum atomic E-state index is 11.8. The molecule has 0 aliphatic carbocycles. The van der Waals surface area contributed by atoms with E-state index in [9.17, 15) is 13.2 Å². The van der Waals surface area contributed by atoms with Gasteiger partial charge < -0.3 is 10.1 Å². The van der Waals surface area contributed by atoms with Crippen LogP contribution in [0.5, 0.6) is 5.75 Å². The van der Waals surface area contributed by atoms with E-state index in [-0.39, 0.29) is 23.2 Å². The Bertz CT molecular complexity index is 851. The van der Waals surface area contributed by atoms with Crippen molar-refractivity contribution in [3.8, 4) is 11.8 Å². The standard InChI is InChI=1S/C17H16N2O4S/c1-2-24(21,22)16-9-5-14(6-10-16)19-17(20)12-23-15-7-3-13(11-18)4-8-15/h3-10H,2,12H2,1H3,(H,19,20). The number of carbonyl (C=O) groups excluding carboxylic acids is 1. The van der Waals surface area contributed by atoms with Gasteiger partial charge in [0.2, 0.25) is 0 Å². The largest absolute Gasteiger partial charge is 0.484 e. The van der Waals surface area contributed by atoms with Crippen LogP contribution in [-0.4, -0.2) is 26.7 Å². The molecule has 0 fully saturated rings. The molecule has 0 heterocycles. The van der Waals surface area contributed by atoms with Crippen molar-refractivity contribution in [2.45, 2.75) is 11.8 Å². The fraction of sp³-hybridized carbons (Fsp3) is 0.176. The molecule has 0 saturated carbocycles. The summed E-state index contributed by atoms with van der Waals surface area (Å²) in [5, 5.41) is 11.3. The van der Waals surface area contributed by atoms with Crippen molar-refractivity contribution in [2.24, 2.45) is 0 Å². The van der Waals surface area contributed by atoms with Gasteiger partial charge in [-0.1, -0.05) is 6.92 Å². The van der Waals surface area contributed by atoms with Gasteiger partial charge in [-0.05, 0) is 48.5 Å². The van der Waals surface area contributed by atoms with Crippen molar-refractivity contribution in [3.63, 3.8) is 0 Å². The summed E-state index contributed by atoms with van der Waals surface area (Å²) < 4.78 is 28.7. The molecule has 2 rings (SSSR count). The van der Waals surface area contributed by atoms with E-state index in [1.807, 2.05) is 6.07 Å². The molecule has 1 N–H and O–H groups in total. The zero-order valence-corrected chi connectivity index (χ0v) is 13.8. The average Bonchev–Trinajstić information content (AvgIpc) is 2.61. The topological polar surface area (TPSA) is 96.3 Å². The fourth-order valence-corrected chi connectivity index (χ4v) is 2.77. The van der Waals surface area contributed by atoms with Crippen LogP contribution in [0.4, 0.5) is 5.69 Å². The van der Waals surface area contributed by atoms with Gasteiger partial charge in [0, 0.05) is 5.69 Å². The third-order valence-corrected chi connectivity index (χ3v) is 4.98. The van der Waals surface area contributed by atoms with E-state index in [0.717, 1.165) is 0 Å². The monoisotopic (exact) mass is 344 g/mol. The van der Waals surface area contributed by atoms with Crippen molar-refractivity contribution in [1.29, 1.82) is 5.26 Å². The zero-order valence-electron chi connectivity index (χ0n) is 13.0. The Morgan fingerprint density at radius 1 is 1.12 bits per heavy atom. The van der Waals surface area contributed by atoms with Crippen LogP contribution in [0.1, 0.15) is 12.5 Å². The Morgan fingerprint density at radius 2 is 1.75 bits per heavy atom. The highest BCUT2D eigenvalue weighted by Crippen LogP contribution is 2.16. The Labute approximate surface area is 140 Å². The molecule has 0 aliphatic heterocycles. The number of hydrogen-bond acceptors (Lipinski definition) is 5. The maximum absolute atomic E-state index is 11.8. The van der Waals surface area contributed by atoms with Crippen LogP contribution in [0.2, 0.25) is 0 Å². The summed E-state index contributed by atoms with van der Waals surface area (Å²) in [4.78, 5) is 12.1. The average molecular weight is 344 g/mol. The second kappa shape index (κ2) is 7.62. The molecule has 0 saturated heterocycles. The predicted molar refractivity (Wildman–Crippen MR) is 89.5 cm³/mol. The lowest BCUT2D eigenvalue weighted by molar-refractivity contribution is -0.118. The van der Waals surface area contributed by atoms with Crippen LogP contribution in [-0.2, 0) is 14.6 Å². The molecule has 7 heteroatoms. The number of hydrogen-bond donors (Lipinski definition) is 1. The molecule has 0 spiro atoms. The molecule has 0 aromatic heterocycles. The highest BCUT2D eigenvalue weighted by molar-refractivity contribution is 7.91. The van der Waals surface area contributed by atoms with Crippen LogP contribution in [0, 0.1) is 11.3 Å². The smallest absolute Gasteiger partial charge is 0.262 e. The number of nitrogens with zero attached hydrogens (tertiary/aromatic N) is 1. The lowest BCUT2D eigenvalue weighted by Crippen LogP contribution is -2.20. The first-order valence-electron chi connectivity index (χ1n) is 7.20. The van der Waals surface area contributed by atoms with Gasteiger partial charge in [-0.3, -0.25) is 4.79 Å². The predicted octanol–water partition coefficient (Wildman–Crippen LogP) is 2.37. The maximum Gasteiger partial charge on any atom is 0.262 e. The van der Waals surface area contributed by atoms with Crippen LogP contribution in [0.3, 0.4) is 0 Å². The second-order valence-electron chi connectivity index (χ2n) is 4.90. The lowest BCUT2D eigenvalue weighted by Gasteiger charge is -2.08. The van der Waals surface area contributed by atoms with E-state index in [1.54, 1.807) is 31.2 Å². The molecule has 6 nitrogen and oxygen atoms in total. The Hall–Kier alpha value is -2.85. The van der Waals surface area contributed by atoms with Gasteiger partial charge in [0.1, 0.15) is 5.75 Å². The third kappa shape index (κ3) is 4.57. The number of ether oxygens (including phenoxy) is 1. The minimum absolute atomic E-state index is 0.0249. The summed E-state index contributed by atoms with van der Waals surface area (Å²) in [6.45, 7) is 1.38. The lowest BCUT2D eigenvalue weighted by atomic mass is 10.2. The molecule has 0 bridgehead atoms. The number of rotatable bonds is 6. The van der Waals surface area contributed by atoms with Gasteiger partial charge >= 0.3 is 0 Å². The first-order chi connectivity index (χ1) is 11.4. The number of nitriles is 1. The minimum atomic E-state index is -3.26. The van der Waals surface area contributed by atoms with Crippen LogP contribution in [0.25, 0.3) is 0 Å². The van der Waals surface area contributed by atoms with Crippen LogP contribution < -0.4 is 10.1 Å². The third-order valence-electron chi connectivity index (χ3n) is 3.23. The Morgan fingerprint density at radius 3 is 2.29 bits per heavy atom. The van der Waals surface area contributed by atoms with Gasteiger partial charge in [0.25, 0.3) is 5.91 Å². The summed E-state index contributed by atoms with van der Waals surface area (Å²) in [5.41, 5.74) is 0.993. The van der Waals surface area contributed by atoms with Crippen molar-refractivity contribution < 1.29 is 17.9 Å². The molecule has 124 valence electrons. The Kier molecular flexibility index (Phi) is 5.55. The summed E-state index contributed by atoms with van der Waals surface area (Å²) in [6, 6.07) is 14.4. The number of nitrogens with one attached hydrogen (secondary N) is 1. The van der Waals surface area contributed by atoms with Gasteiger partial charge in [0.15, 0.2) is 16.4 Å². The highest BCUT2D eigenvalue weighted by Gasteiger charge is 2.11. The first-order valence-corrected chi connectivity index (χ1v) is 8.85. The number of carbonyl (C=O) groups is 1. The minimum Gasteiger partial charge on any atom is -0.484 e. The molecule has 24 heavy (non-hydrogen) atoms. The van der Waals surface area contributed by atoms with E-state index in [4.69, 9.17) is 10.00 Å². The molecule has 0 unspecified atom stereocenters. The molecular weight excluding hydrogens is 328 g/mol. The molecule has 2 aromatic rings. The summed E-state index contributed by atoms with van der Waals surface area (Å²) in [7, 11) is -3.26. The fourth-order valence-electron chi connectivity index (χ4n) is 1.88. The van der Waals surface area contributed by atoms with Gasteiger partial charge in [-0.15, -0.1) is 0 Å². The van der Waals surface area contributed by atoms with E-state index in [1.165, 1.54) is 24.3 Å². The van der Waals surface area contributed by atoms with E-state index < -0.39 is 9.84 Å². The van der Waals surface area contributed by atoms with Crippen molar-refractivity contribution in [1.82, 2.24) is 0 Å². The van der Waals surface area contributed by atoms with Crippen molar-refractivity contribution in [2.75, 3.05) is 17.7 Å². The second-order valence-corrected chi connectivity index (χ2v) is 7.18. The number of benzene rings is 2. The summed E-state index contributed by atoms with van der Waals surface area (Å²) >= 11 is 0. The molecule has 0 atom stereocenters. The molecule has 0 radical (unpaired) electrons. The SMILES string of the molecule is CCS(=O)(=O)c1ccc(NC(=O)COc2ccc(C#N)cc2)cc1.